The molecule has 0 amide bonds. The van der Waals surface area contributed by atoms with Gasteiger partial charge in [-0.15, -0.1) is 11.3 Å². The van der Waals surface area contributed by atoms with E-state index in [1.54, 1.807) is 40.4 Å². The average molecular weight is 412 g/mol. The predicted molar refractivity (Wildman–Crippen MR) is 115 cm³/mol. The minimum absolute atomic E-state index is 0.00547. The number of allylic oxidation sites excluding steroid dienone is 1. The third-order valence-electron chi connectivity index (χ3n) is 4.80. The van der Waals surface area contributed by atoms with E-state index in [1.165, 1.54) is 28.6 Å². The highest BCUT2D eigenvalue weighted by Gasteiger charge is 2.22. The number of hydrogen-bond donors (Lipinski definition) is 0. The number of thioether (sulfide) groups is 1. The zero-order valence-corrected chi connectivity index (χ0v) is 17.4. The number of carbonyl (C=O) groups is 1. The van der Waals surface area contributed by atoms with Gasteiger partial charge < -0.3 is 0 Å². The van der Waals surface area contributed by atoms with Gasteiger partial charge in [0.1, 0.15) is 4.83 Å². The van der Waals surface area contributed by atoms with Gasteiger partial charge in [-0.05, 0) is 50.3 Å². The Hall–Kier alpha value is -2.25. The standard InChI is InChI=1S/C21H21N3O2S2/c1-13(2)11-24-20(26)18-15-5-3-4-6-17(15)28-19(18)23-21(24)27-12-16(25)14-7-9-22-10-8-14/h7-10H,1,3-6,11-12H2,2H3. The van der Waals surface area contributed by atoms with E-state index >= 15 is 0 Å². The lowest BCUT2D eigenvalue weighted by atomic mass is 9.97. The topological polar surface area (TPSA) is 64.8 Å². The second-order valence-corrected chi connectivity index (χ2v) is 9.11. The van der Waals surface area contributed by atoms with Crippen molar-refractivity contribution >= 4 is 39.1 Å². The normalized spacial score (nSPS) is 13.5. The summed E-state index contributed by atoms with van der Waals surface area (Å²) in [6, 6.07) is 3.40. The fourth-order valence-corrected chi connectivity index (χ4v) is 5.69. The summed E-state index contributed by atoms with van der Waals surface area (Å²) >= 11 is 2.95. The number of nitrogens with zero attached hydrogens (tertiary/aromatic N) is 3. The lowest BCUT2D eigenvalue weighted by Crippen LogP contribution is -2.24. The summed E-state index contributed by atoms with van der Waals surface area (Å²) in [5, 5.41) is 1.35. The van der Waals surface area contributed by atoms with Gasteiger partial charge in [0, 0.05) is 29.4 Å². The van der Waals surface area contributed by atoms with Gasteiger partial charge in [0.25, 0.3) is 5.56 Å². The van der Waals surface area contributed by atoms with Crippen molar-refractivity contribution in [3.05, 3.63) is 63.0 Å². The molecule has 0 fully saturated rings. The van der Waals surface area contributed by atoms with Crippen LogP contribution in [-0.2, 0) is 19.4 Å². The molecule has 1 aliphatic rings. The number of thiophene rings is 1. The monoisotopic (exact) mass is 411 g/mol. The molecule has 1 aliphatic carbocycles. The molecule has 3 aromatic heterocycles. The van der Waals surface area contributed by atoms with E-state index < -0.39 is 0 Å². The highest BCUT2D eigenvalue weighted by atomic mass is 32.2. The van der Waals surface area contributed by atoms with Crippen molar-refractivity contribution in [2.45, 2.75) is 44.3 Å². The molecule has 3 aromatic rings. The molecule has 0 spiro atoms. The summed E-state index contributed by atoms with van der Waals surface area (Å²) in [5.74, 6) is 0.220. The van der Waals surface area contributed by atoms with Crippen LogP contribution in [0.25, 0.3) is 10.2 Å². The van der Waals surface area contributed by atoms with Gasteiger partial charge in [0.05, 0.1) is 11.1 Å². The highest BCUT2D eigenvalue weighted by molar-refractivity contribution is 7.99. The van der Waals surface area contributed by atoms with Crippen molar-refractivity contribution in [3.8, 4) is 0 Å². The largest absolute Gasteiger partial charge is 0.293 e. The van der Waals surface area contributed by atoms with Gasteiger partial charge >= 0.3 is 0 Å². The Morgan fingerprint density at radius 2 is 2.04 bits per heavy atom. The van der Waals surface area contributed by atoms with Gasteiger partial charge in [-0.2, -0.15) is 0 Å². The maximum atomic E-state index is 13.3. The Morgan fingerprint density at radius 3 is 2.79 bits per heavy atom. The molecular formula is C21H21N3O2S2. The summed E-state index contributed by atoms with van der Waals surface area (Å²) < 4.78 is 1.68. The maximum absolute atomic E-state index is 13.3. The van der Waals surface area contributed by atoms with Gasteiger partial charge in [0.2, 0.25) is 0 Å². The van der Waals surface area contributed by atoms with Crippen LogP contribution in [0.5, 0.6) is 0 Å². The van der Waals surface area contributed by atoms with E-state index in [-0.39, 0.29) is 17.1 Å². The molecule has 0 saturated carbocycles. The van der Waals surface area contributed by atoms with Gasteiger partial charge in [0.15, 0.2) is 10.9 Å². The van der Waals surface area contributed by atoms with Crippen molar-refractivity contribution in [3.63, 3.8) is 0 Å². The number of hydrogen-bond acceptors (Lipinski definition) is 6. The molecule has 0 N–H and O–H groups in total. The summed E-state index contributed by atoms with van der Waals surface area (Å²) in [5.41, 5.74) is 2.67. The summed E-state index contributed by atoms with van der Waals surface area (Å²) in [6.07, 6.45) is 7.48. The zero-order chi connectivity index (χ0) is 19.7. The van der Waals surface area contributed by atoms with Crippen LogP contribution in [0.2, 0.25) is 0 Å². The van der Waals surface area contributed by atoms with Crippen molar-refractivity contribution in [2.24, 2.45) is 0 Å². The molecule has 7 heteroatoms. The molecule has 5 nitrogen and oxygen atoms in total. The van der Waals surface area contributed by atoms with Crippen molar-refractivity contribution in [1.82, 2.24) is 14.5 Å². The SMILES string of the molecule is C=C(C)Cn1c(SCC(=O)c2ccncc2)nc2sc3c(c2c1=O)CCCC3. The highest BCUT2D eigenvalue weighted by Crippen LogP contribution is 2.34. The number of aromatic nitrogens is 3. The number of fused-ring (bicyclic) bond motifs is 3. The predicted octanol–water partition coefficient (Wildman–Crippen LogP) is 4.28. The first-order valence-electron chi connectivity index (χ1n) is 9.30. The smallest absolute Gasteiger partial charge is 0.263 e. The van der Waals surface area contributed by atoms with Crippen LogP contribution >= 0.6 is 23.1 Å². The molecule has 0 aromatic carbocycles. The van der Waals surface area contributed by atoms with Gasteiger partial charge in [-0.3, -0.25) is 19.1 Å². The molecule has 0 aliphatic heterocycles. The number of carbonyl (C=O) groups excluding carboxylic acids is 1. The van der Waals surface area contributed by atoms with E-state index in [1.807, 2.05) is 6.92 Å². The van der Waals surface area contributed by atoms with Crippen LogP contribution in [0.1, 0.15) is 40.6 Å². The second kappa shape index (κ2) is 8.01. The molecule has 0 unspecified atom stereocenters. The third-order valence-corrected chi connectivity index (χ3v) is 6.96. The van der Waals surface area contributed by atoms with Crippen LogP contribution < -0.4 is 5.56 Å². The molecule has 144 valence electrons. The number of pyridine rings is 1. The molecule has 0 atom stereocenters. The van der Waals surface area contributed by atoms with Crippen LogP contribution in [0, 0.1) is 0 Å². The molecule has 3 heterocycles. The van der Waals surface area contributed by atoms with Crippen molar-refractivity contribution in [2.75, 3.05) is 5.75 Å². The minimum Gasteiger partial charge on any atom is -0.293 e. The number of aryl methyl sites for hydroxylation is 2. The van der Waals surface area contributed by atoms with Crippen LogP contribution in [0.15, 0.2) is 46.6 Å². The van der Waals surface area contributed by atoms with Crippen LogP contribution in [0.3, 0.4) is 0 Å². The van der Waals surface area contributed by atoms with Crippen LogP contribution in [0.4, 0.5) is 0 Å². The first-order chi connectivity index (χ1) is 13.5. The Balaban J connectivity index is 1.73. The zero-order valence-electron chi connectivity index (χ0n) is 15.7. The first kappa shape index (κ1) is 19.1. The van der Waals surface area contributed by atoms with Gasteiger partial charge in [-0.25, -0.2) is 4.98 Å². The van der Waals surface area contributed by atoms with E-state index in [9.17, 15) is 9.59 Å². The fraction of sp³-hybridized carbons (Fsp3) is 0.333. The molecule has 0 saturated heterocycles. The number of rotatable bonds is 6. The summed E-state index contributed by atoms with van der Waals surface area (Å²) in [4.78, 5) is 36.6. The van der Waals surface area contributed by atoms with E-state index in [0.29, 0.717) is 17.3 Å². The number of Topliss-reactive ketones (excluding diaryl/α,β-unsaturated/α-hetero) is 1. The Morgan fingerprint density at radius 1 is 1.29 bits per heavy atom. The number of ketones is 1. The summed E-state index contributed by atoms with van der Waals surface area (Å²) in [6.45, 7) is 6.28. The van der Waals surface area contributed by atoms with Crippen molar-refractivity contribution in [1.29, 1.82) is 0 Å². The average Bonchev–Trinajstić information content (AvgIpc) is 3.07. The lowest BCUT2D eigenvalue weighted by molar-refractivity contribution is 0.102. The minimum atomic E-state index is -0.00809. The quantitative estimate of drug-likeness (QED) is 0.262. The van der Waals surface area contributed by atoms with E-state index in [4.69, 9.17) is 4.98 Å². The third kappa shape index (κ3) is 3.69. The van der Waals surface area contributed by atoms with E-state index in [2.05, 4.69) is 11.6 Å². The molecule has 28 heavy (non-hydrogen) atoms. The second-order valence-electron chi connectivity index (χ2n) is 7.08. The Kier molecular flexibility index (Phi) is 5.46. The summed E-state index contributed by atoms with van der Waals surface area (Å²) in [7, 11) is 0. The molecule has 0 radical (unpaired) electrons. The molecule has 0 bridgehead atoms. The first-order valence-corrected chi connectivity index (χ1v) is 11.1. The lowest BCUT2D eigenvalue weighted by Gasteiger charge is -2.13. The van der Waals surface area contributed by atoms with Crippen molar-refractivity contribution < 1.29 is 4.79 Å². The Bertz CT molecular complexity index is 1120. The van der Waals surface area contributed by atoms with Crippen LogP contribution in [-0.4, -0.2) is 26.1 Å². The van der Waals surface area contributed by atoms with E-state index in [0.717, 1.165) is 35.1 Å². The molecule has 4 rings (SSSR count). The molecular weight excluding hydrogens is 390 g/mol. The van der Waals surface area contributed by atoms with Gasteiger partial charge in [-0.1, -0.05) is 23.9 Å². The maximum Gasteiger partial charge on any atom is 0.263 e. The Labute approximate surface area is 171 Å². The fourth-order valence-electron chi connectivity index (χ4n) is 3.49.